The zero-order valence-electron chi connectivity index (χ0n) is 18.4. The number of halogens is 1. The molecule has 2 heterocycles. The van der Waals surface area contributed by atoms with Crippen molar-refractivity contribution >= 4 is 17.6 Å². The third-order valence-electron chi connectivity index (χ3n) is 6.73. The van der Waals surface area contributed by atoms with Gasteiger partial charge in [0, 0.05) is 56.1 Å². The summed E-state index contributed by atoms with van der Waals surface area (Å²) in [5.41, 5.74) is 1.60. The van der Waals surface area contributed by atoms with Crippen molar-refractivity contribution in [2.24, 2.45) is 11.8 Å². The average Bonchev–Trinajstić information content (AvgIpc) is 2.83. The van der Waals surface area contributed by atoms with E-state index in [4.69, 9.17) is 0 Å². The van der Waals surface area contributed by atoms with E-state index in [1.54, 1.807) is 28.9 Å². The number of ketones is 1. The van der Waals surface area contributed by atoms with Gasteiger partial charge in [-0.1, -0.05) is 42.5 Å². The van der Waals surface area contributed by atoms with E-state index in [0.717, 1.165) is 12.0 Å². The van der Waals surface area contributed by atoms with Gasteiger partial charge in [0.05, 0.1) is 0 Å². The Hall–Kier alpha value is -3.02. The van der Waals surface area contributed by atoms with Crippen LogP contribution in [0.4, 0.5) is 4.39 Å². The number of rotatable bonds is 4. The molecule has 0 aromatic heterocycles. The van der Waals surface area contributed by atoms with Gasteiger partial charge >= 0.3 is 0 Å². The normalized spacial score (nSPS) is 19.6. The number of benzene rings is 2. The van der Waals surface area contributed by atoms with Crippen LogP contribution in [0.15, 0.2) is 48.5 Å². The molecule has 0 radical (unpaired) electrons. The summed E-state index contributed by atoms with van der Waals surface area (Å²) < 4.78 is 14.8. The second kappa shape index (κ2) is 9.63. The molecule has 2 amide bonds. The topological polar surface area (TPSA) is 57.7 Å². The van der Waals surface area contributed by atoms with Crippen LogP contribution < -0.4 is 0 Å². The quantitative estimate of drug-likeness (QED) is 0.676. The van der Waals surface area contributed by atoms with Crippen LogP contribution in [0.3, 0.4) is 0 Å². The molecule has 168 valence electrons. The predicted octanol–water partition coefficient (Wildman–Crippen LogP) is 4.17. The number of likely N-dealkylation sites (tertiary alicyclic amines) is 2. The van der Waals surface area contributed by atoms with E-state index in [2.05, 4.69) is 0 Å². The van der Waals surface area contributed by atoms with Crippen LogP contribution in [-0.4, -0.2) is 53.6 Å². The molecule has 0 unspecified atom stereocenters. The van der Waals surface area contributed by atoms with E-state index < -0.39 is 5.82 Å². The molecule has 2 aromatic carbocycles. The smallest absolute Gasteiger partial charge is 0.225 e. The van der Waals surface area contributed by atoms with Crippen LogP contribution in [0, 0.1) is 17.7 Å². The standard InChI is InChI=1S/C26H29FN2O3/c1-18(30)28-14-11-20(12-15-28)26(32)29-13-5-8-22(17-29)25(31)21-9-10-23(24(27)16-21)19-6-3-2-4-7-19/h2-4,6-7,9-10,16,20,22H,5,8,11-15,17H2,1H3/t22-/m1/s1. The molecule has 2 aromatic rings. The monoisotopic (exact) mass is 436 g/mol. The van der Waals surface area contributed by atoms with Crippen LogP contribution in [0.2, 0.25) is 0 Å². The highest BCUT2D eigenvalue weighted by Crippen LogP contribution is 2.28. The Morgan fingerprint density at radius 2 is 1.59 bits per heavy atom. The van der Waals surface area contributed by atoms with Crippen molar-refractivity contribution in [2.45, 2.75) is 32.6 Å². The molecule has 0 spiro atoms. The molecule has 6 heteroatoms. The first-order valence-corrected chi connectivity index (χ1v) is 11.4. The van der Waals surface area contributed by atoms with Crippen molar-refractivity contribution in [3.05, 3.63) is 59.9 Å². The number of carbonyl (C=O) groups excluding carboxylic acids is 3. The van der Waals surface area contributed by atoms with Gasteiger partial charge in [-0.15, -0.1) is 0 Å². The molecule has 0 N–H and O–H groups in total. The SMILES string of the molecule is CC(=O)N1CCC(C(=O)N2CCC[C@@H](C(=O)c3ccc(-c4ccccc4)c(F)c3)C2)CC1. The Bertz CT molecular complexity index is 999. The fraction of sp³-hybridized carbons (Fsp3) is 0.423. The van der Waals surface area contributed by atoms with Crippen molar-refractivity contribution in [3.8, 4) is 11.1 Å². The lowest BCUT2D eigenvalue weighted by molar-refractivity contribution is -0.141. The Balaban J connectivity index is 1.41. The molecule has 0 bridgehead atoms. The minimum atomic E-state index is -0.414. The van der Waals surface area contributed by atoms with Gasteiger partial charge in [0.25, 0.3) is 0 Å². The molecular weight excluding hydrogens is 407 g/mol. The van der Waals surface area contributed by atoms with Gasteiger partial charge in [0.2, 0.25) is 11.8 Å². The lowest BCUT2D eigenvalue weighted by Crippen LogP contribution is -2.48. The summed E-state index contributed by atoms with van der Waals surface area (Å²) in [6.07, 6.45) is 2.80. The van der Waals surface area contributed by atoms with Crippen LogP contribution in [0.5, 0.6) is 0 Å². The molecule has 1 atom stereocenters. The summed E-state index contributed by atoms with van der Waals surface area (Å²) in [7, 11) is 0. The summed E-state index contributed by atoms with van der Waals surface area (Å²) in [6.45, 7) is 3.80. The Morgan fingerprint density at radius 1 is 0.875 bits per heavy atom. The van der Waals surface area contributed by atoms with Crippen LogP contribution >= 0.6 is 0 Å². The molecule has 0 saturated carbocycles. The zero-order chi connectivity index (χ0) is 22.7. The summed E-state index contributed by atoms with van der Waals surface area (Å²) in [5.74, 6) is -0.800. The van der Waals surface area contributed by atoms with Crippen molar-refractivity contribution in [1.82, 2.24) is 9.80 Å². The number of carbonyl (C=O) groups is 3. The third-order valence-corrected chi connectivity index (χ3v) is 6.73. The molecule has 2 aliphatic rings. The Kier molecular flexibility index (Phi) is 6.68. The number of hydrogen-bond acceptors (Lipinski definition) is 3. The van der Waals surface area contributed by atoms with Crippen molar-refractivity contribution in [1.29, 1.82) is 0 Å². The number of amides is 2. The molecule has 2 aliphatic heterocycles. The first kappa shape index (κ1) is 22.2. The minimum Gasteiger partial charge on any atom is -0.343 e. The number of hydrogen-bond donors (Lipinski definition) is 0. The lowest BCUT2D eigenvalue weighted by atomic mass is 9.87. The zero-order valence-corrected chi connectivity index (χ0v) is 18.4. The second-order valence-electron chi connectivity index (χ2n) is 8.83. The number of Topliss-reactive ketones (excluding diaryl/α,β-unsaturated/α-hetero) is 1. The summed E-state index contributed by atoms with van der Waals surface area (Å²) in [6, 6.07) is 13.9. The lowest BCUT2D eigenvalue weighted by Gasteiger charge is -2.37. The molecule has 4 rings (SSSR count). The Labute approximate surface area is 188 Å². The molecule has 0 aliphatic carbocycles. The van der Waals surface area contributed by atoms with Gasteiger partial charge in [-0.25, -0.2) is 4.39 Å². The van der Waals surface area contributed by atoms with Gasteiger partial charge in [-0.2, -0.15) is 0 Å². The average molecular weight is 437 g/mol. The maximum Gasteiger partial charge on any atom is 0.225 e. The van der Waals surface area contributed by atoms with Crippen LogP contribution in [0.25, 0.3) is 11.1 Å². The largest absolute Gasteiger partial charge is 0.343 e. The van der Waals surface area contributed by atoms with E-state index in [9.17, 15) is 18.8 Å². The maximum atomic E-state index is 14.8. The van der Waals surface area contributed by atoms with E-state index in [0.29, 0.717) is 56.6 Å². The van der Waals surface area contributed by atoms with E-state index in [1.807, 2.05) is 30.3 Å². The maximum absolute atomic E-state index is 14.8. The van der Waals surface area contributed by atoms with E-state index in [1.165, 1.54) is 6.07 Å². The van der Waals surface area contributed by atoms with Crippen molar-refractivity contribution in [3.63, 3.8) is 0 Å². The number of nitrogens with zero attached hydrogens (tertiary/aromatic N) is 2. The molecule has 32 heavy (non-hydrogen) atoms. The number of piperidine rings is 2. The summed E-state index contributed by atoms with van der Waals surface area (Å²) >= 11 is 0. The second-order valence-corrected chi connectivity index (χ2v) is 8.83. The fourth-order valence-corrected chi connectivity index (χ4v) is 4.85. The Morgan fingerprint density at radius 3 is 2.25 bits per heavy atom. The molecule has 2 saturated heterocycles. The van der Waals surface area contributed by atoms with Crippen LogP contribution in [-0.2, 0) is 9.59 Å². The van der Waals surface area contributed by atoms with E-state index in [-0.39, 0.29) is 29.4 Å². The molecule has 2 fully saturated rings. The highest BCUT2D eigenvalue weighted by atomic mass is 19.1. The predicted molar refractivity (Wildman–Crippen MR) is 120 cm³/mol. The minimum absolute atomic E-state index is 0.0463. The molecule has 5 nitrogen and oxygen atoms in total. The van der Waals surface area contributed by atoms with Gasteiger partial charge in [-0.3, -0.25) is 14.4 Å². The third kappa shape index (κ3) is 4.74. The van der Waals surface area contributed by atoms with Gasteiger partial charge < -0.3 is 9.80 Å². The van der Waals surface area contributed by atoms with Crippen molar-refractivity contribution in [2.75, 3.05) is 26.2 Å². The first-order chi connectivity index (χ1) is 15.4. The van der Waals surface area contributed by atoms with E-state index >= 15 is 0 Å². The molecular formula is C26H29FN2O3. The fourth-order valence-electron chi connectivity index (χ4n) is 4.85. The van der Waals surface area contributed by atoms with Gasteiger partial charge in [0.15, 0.2) is 5.78 Å². The van der Waals surface area contributed by atoms with Crippen molar-refractivity contribution < 1.29 is 18.8 Å². The highest BCUT2D eigenvalue weighted by molar-refractivity contribution is 5.99. The van der Waals surface area contributed by atoms with Gasteiger partial charge in [0.1, 0.15) is 5.82 Å². The van der Waals surface area contributed by atoms with Gasteiger partial charge in [-0.05, 0) is 37.3 Å². The highest BCUT2D eigenvalue weighted by Gasteiger charge is 2.34. The summed E-state index contributed by atoms with van der Waals surface area (Å²) in [5, 5.41) is 0. The van der Waals surface area contributed by atoms with Crippen LogP contribution in [0.1, 0.15) is 43.0 Å². The first-order valence-electron chi connectivity index (χ1n) is 11.4. The summed E-state index contributed by atoms with van der Waals surface area (Å²) in [4.78, 5) is 41.3.